The van der Waals surface area contributed by atoms with Crippen molar-refractivity contribution in [2.45, 2.75) is 98.8 Å². The Morgan fingerprint density at radius 3 is 2.20 bits per heavy atom. The van der Waals surface area contributed by atoms with Crippen LogP contribution in [0.3, 0.4) is 0 Å². The number of amides is 2. The van der Waals surface area contributed by atoms with Gasteiger partial charge in [0.15, 0.2) is 11.5 Å². The van der Waals surface area contributed by atoms with E-state index < -0.39 is 0 Å². The van der Waals surface area contributed by atoms with Crippen LogP contribution < -0.4 is 14.4 Å². The maximum Gasteiger partial charge on any atom is 0.232 e. The van der Waals surface area contributed by atoms with E-state index in [-0.39, 0.29) is 42.3 Å². The molecule has 44 heavy (non-hydrogen) atoms. The van der Waals surface area contributed by atoms with Gasteiger partial charge < -0.3 is 19.3 Å². The number of carbonyl (C=O) groups excluding carboxylic acids is 2. The van der Waals surface area contributed by atoms with Crippen molar-refractivity contribution in [2.75, 3.05) is 18.6 Å². The van der Waals surface area contributed by atoms with Gasteiger partial charge in [0.2, 0.25) is 11.8 Å². The Kier molecular flexibility index (Phi) is 11.1. The molecule has 0 radical (unpaired) electrons. The van der Waals surface area contributed by atoms with Crippen LogP contribution in [0.4, 0.5) is 5.69 Å². The van der Waals surface area contributed by atoms with Crippen LogP contribution >= 0.6 is 0 Å². The Hall–Kier alpha value is -3.80. The van der Waals surface area contributed by atoms with Gasteiger partial charge in [-0.05, 0) is 93.5 Å². The van der Waals surface area contributed by atoms with Crippen LogP contribution in [-0.4, -0.2) is 36.5 Å². The summed E-state index contributed by atoms with van der Waals surface area (Å²) in [6.45, 7) is 15.2. The molecule has 0 saturated heterocycles. The fourth-order valence-electron chi connectivity index (χ4n) is 6.28. The molecule has 6 heteroatoms. The SMILES string of the molecule is CCCC(CC)C(=O)N(CC)C(C)c1ccc(N2C(=O)Cc3cc(OC)c(O[C@H](C)CC)cc3C2c2ccc(C)cc2)cc1. The minimum absolute atomic E-state index is 0.0252. The predicted octanol–water partition coefficient (Wildman–Crippen LogP) is 8.60. The molecule has 0 aliphatic carbocycles. The van der Waals surface area contributed by atoms with Crippen molar-refractivity contribution >= 4 is 17.5 Å². The van der Waals surface area contributed by atoms with Crippen LogP contribution in [0, 0.1) is 12.8 Å². The number of methoxy groups -OCH3 is 1. The highest BCUT2D eigenvalue weighted by atomic mass is 16.5. The van der Waals surface area contributed by atoms with Crippen LogP contribution in [0.1, 0.15) is 107 Å². The third-order valence-electron chi connectivity index (χ3n) is 9.11. The van der Waals surface area contributed by atoms with E-state index in [1.54, 1.807) is 7.11 Å². The van der Waals surface area contributed by atoms with Crippen LogP contribution in [0.5, 0.6) is 11.5 Å². The summed E-state index contributed by atoms with van der Waals surface area (Å²) in [7, 11) is 1.64. The molecule has 4 rings (SSSR count). The van der Waals surface area contributed by atoms with Crippen molar-refractivity contribution in [1.29, 1.82) is 0 Å². The van der Waals surface area contributed by atoms with E-state index in [1.165, 1.54) is 0 Å². The predicted molar refractivity (Wildman–Crippen MR) is 179 cm³/mol. The van der Waals surface area contributed by atoms with Crippen LogP contribution in [0.2, 0.25) is 0 Å². The Labute approximate surface area is 264 Å². The topological polar surface area (TPSA) is 59.1 Å². The standard InChI is InChI=1S/C38H50N2O4/c1-9-13-28(11-3)38(42)39(12-4)27(7)29-18-20-32(21-19-29)40-36(41)23-31-22-34(43-8)35(44-26(6)10-2)24-33(31)37(40)30-16-14-25(5)15-17-30/h14-22,24,26-28,37H,9-13,23H2,1-8H3/t26-,27?,28?,37?/m1/s1. The minimum atomic E-state index is -0.326. The number of anilines is 1. The Balaban J connectivity index is 1.75. The van der Waals surface area contributed by atoms with E-state index in [4.69, 9.17) is 9.47 Å². The van der Waals surface area contributed by atoms with Crippen molar-refractivity contribution < 1.29 is 19.1 Å². The summed E-state index contributed by atoms with van der Waals surface area (Å²) in [6, 6.07) is 20.2. The summed E-state index contributed by atoms with van der Waals surface area (Å²) < 4.78 is 12.0. The zero-order valence-electron chi connectivity index (χ0n) is 27.9. The van der Waals surface area contributed by atoms with Gasteiger partial charge in [-0.25, -0.2) is 0 Å². The van der Waals surface area contributed by atoms with E-state index in [2.05, 4.69) is 77.1 Å². The zero-order chi connectivity index (χ0) is 32.0. The largest absolute Gasteiger partial charge is 0.493 e. The fourth-order valence-corrected chi connectivity index (χ4v) is 6.28. The van der Waals surface area contributed by atoms with Gasteiger partial charge in [0, 0.05) is 18.2 Å². The first-order valence-electron chi connectivity index (χ1n) is 16.3. The lowest BCUT2D eigenvalue weighted by Gasteiger charge is -2.38. The number of aryl methyl sites for hydroxylation is 1. The van der Waals surface area contributed by atoms with E-state index >= 15 is 0 Å². The minimum Gasteiger partial charge on any atom is -0.493 e. The number of nitrogens with zero attached hydrogens (tertiary/aromatic N) is 2. The molecule has 0 saturated carbocycles. The van der Waals surface area contributed by atoms with Gasteiger partial charge in [-0.2, -0.15) is 0 Å². The highest BCUT2D eigenvalue weighted by Gasteiger charge is 2.36. The lowest BCUT2D eigenvalue weighted by Crippen LogP contribution is -2.41. The first kappa shape index (κ1) is 33.1. The molecule has 3 unspecified atom stereocenters. The molecule has 236 valence electrons. The first-order valence-corrected chi connectivity index (χ1v) is 16.3. The fraction of sp³-hybridized carbons (Fsp3) is 0.474. The number of carbonyl (C=O) groups is 2. The van der Waals surface area contributed by atoms with Crippen molar-refractivity contribution in [2.24, 2.45) is 5.92 Å². The molecule has 2 amide bonds. The molecule has 0 fully saturated rings. The quantitative estimate of drug-likeness (QED) is 0.198. The molecule has 1 aliphatic rings. The molecule has 4 atom stereocenters. The Morgan fingerprint density at radius 1 is 0.955 bits per heavy atom. The van der Waals surface area contributed by atoms with E-state index in [1.807, 2.05) is 41.8 Å². The lowest BCUT2D eigenvalue weighted by molar-refractivity contribution is -0.138. The van der Waals surface area contributed by atoms with Gasteiger partial charge in [0.05, 0.1) is 31.7 Å². The van der Waals surface area contributed by atoms with Gasteiger partial charge in [0.25, 0.3) is 0 Å². The number of hydrogen-bond acceptors (Lipinski definition) is 4. The molecule has 0 aromatic heterocycles. The molecule has 3 aromatic rings. The van der Waals surface area contributed by atoms with Gasteiger partial charge in [-0.3, -0.25) is 9.59 Å². The second-order valence-corrected chi connectivity index (χ2v) is 12.1. The van der Waals surface area contributed by atoms with Gasteiger partial charge in [-0.15, -0.1) is 0 Å². The molecule has 1 heterocycles. The van der Waals surface area contributed by atoms with Gasteiger partial charge in [-0.1, -0.05) is 69.2 Å². The van der Waals surface area contributed by atoms with Crippen LogP contribution in [0.25, 0.3) is 0 Å². The number of ether oxygens (including phenoxy) is 2. The van der Waals surface area contributed by atoms with Crippen molar-refractivity contribution in [3.63, 3.8) is 0 Å². The second kappa shape index (κ2) is 14.8. The second-order valence-electron chi connectivity index (χ2n) is 12.1. The zero-order valence-corrected chi connectivity index (χ0v) is 27.9. The molecule has 0 N–H and O–H groups in total. The lowest BCUT2D eigenvalue weighted by atomic mass is 9.86. The number of rotatable bonds is 13. The molecule has 1 aliphatic heterocycles. The maximum atomic E-state index is 13.9. The average Bonchev–Trinajstić information content (AvgIpc) is 3.03. The summed E-state index contributed by atoms with van der Waals surface area (Å²) in [6.07, 6.45) is 3.92. The van der Waals surface area contributed by atoms with Crippen LogP contribution in [-0.2, 0) is 16.0 Å². The summed E-state index contributed by atoms with van der Waals surface area (Å²) >= 11 is 0. The third kappa shape index (κ3) is 6.95. The molecule has 3 aromatic carbocycles. The maximum absolute atomic E-state index is 13.9. The number of fused-ring (bicyclic) bond motifs is 1. The van der Waals surface area contributed by atoms with Crippen molar-refractivity contribution in [3.05, 3.63) is 88.5 Å². The third-order valence-corrected chi connectivity index (χ3v) is 9.11. The van der Waals surface area contributed by atoms with Gasteiger partial charge in [0.1, 0.15) is 0 Å². The molecule has 0 bridgehead atoms. The van der Waals surface area contributed by atoms with Gasteiger partial charge >= 0.3 is 0 Å². The van der Waals surface area contributed by atoms with E-state index in [0.717, 1.165) is 59.2 Å². The van der Waals surface area contributed by atoms with Crippen molar-refractivity contribution in [3.8, 4) is 11.5 Å². The number of benzene rings is 3. The smallest absolute Gasteiger partial charge is 0.232 e. The van der Waals surface area contributed by atoms with E-state index in [0.29, 0.717) is 18.0 Å². The molecule has 0 spiro atoms. The summed E-state index contributed by atoms with van der Waals surface area (Å²) in [5.74, 6) is 1.63. The summed E-state index contributed by atoms with van der Waals surface area (Å²) in [4.78, 5) is 31.3. The Morgan fingerprint density at radius 2 is 1.64 bits per heavy atom. The normalized spacial score (nSPS) is 16.6. The highest BCUT2D eigenvalue weighted by molar-refractivity contribution is 5.98. The first-order chi connectivity index (χ1) is 21.2. The molecule has 6 nitrogen and oxygen atoms in total. The monoisotopic (exact) mass is 598 g/mol. The number of hydrogen-bond donors (Lipinski definition) is 0. The van der Waals surface area contributed by atoms with E-state index in [9.17, 15) is 9.59 Å². The summed E-state index contributed by atoms with van der Waals surface area (Å²) in [5.41, 5.74) is 6.07. The molecular weight excluding hydrogens is 548 g/mol. The average molecular weight is 599 g/mol. The molecular formula is C38H50N2O4. The van der Waals surface area contributed by atoms with Crippen LogP contribution in [0.15, 0.2) is 60.7 Å². The van der Waals surface area contributed by atoms with Crippen molar-refractivity contribution in [1.82, 2.24) is 4.90 Å². The summed E-state index contributed by atoms with van der Waals surface area (Å²) in [5, 5.41) is 0. The Bertz CT molecular complexity index is 1420. The highest BCUT2D eigenvalue weighted by Crippen LogP contribution is 2.44.